The summed E-state index contributed by atoms with van der Waals surface area (Å²) in [5.74, 6) is 0.616. The summed E-state index contributed by atoms with van der Waals surface area (Å²) in [5, 5.41) is 2.16. The van der Waals surface area contributed by atoms with E-state index >= 15 is 0 Å². The van der Waals surface area contributed by atoms with Crippen LogP contribution in [-0.4, -0.2) is 6.04 Å². The Hall–Kier alpha value is -0.340. The first-order valence-corrected chi connectivity index (χ1v) is 5.28. The molecular formula is C10H17NS. The van der Waals surface area contributed by atoms with Crippen molar-refractivity contribution in [2.24, 2.45) is 5.73 Å². The maximum Gasteiger partial charge on any atom is 0.0103 e. The molecule has 2 heteroatoms. The summed E-state index contributed by atoms with van der Waals surface area (Å²) in [6.07, 6.45) is 1.08. The third-order valence-electron chi connectivity index (χ3n) is 2.07. The molecule has 0 aromatic carbocycles. The molecule has 1 nitrogen and oxygen atoms in total. The van der Waals surface area contributed by atoms with E-state index in [1.54, 1.807) is 0 Å². The predicted octanol–water partition coefficient (Wildman–Crippen LogP) is 2.90. The fourth-order valence-electron chi connectivity index (χ4n) is 1.55. The smallest absolute Gasteiger partial charge is 0.0103 e. The number of hydrogen-bond acceptors (Lipinski definition) is 2. The number of rotatable bonds is 3. The highest BCUT2D eigenvalue weighted by atomic mass is 32.1. The molecule has 1 rings (SSSR count). The van der Waals surface area contributed by atoms with Crippen LogP contribution in [0.5, 0.6) is 0 Å². The molecule has 1 aromatic heterocycles. The van der Waals surface area contributed by atoms with Gasteiger partial charge in [0.15, 0.2) is 0 Å². The normalized spacial score (nSPS) is 16.0. The van der Waals surface area contributed by atoms with E-state index in [-0.39, 0.29) is 0 Å². The molecule has 0 bridgehead atoms. The van der Waals surface area contributed by atoms with E-state index in [0.29, 0.717) is 12.0 Å². The average Bonchev–Trinajstić information content (AvgIpc) is 2.33. The van der Waals surface area contributed by atoms with E-state index in [1.165, 1.54) is 10.4 Å². The third-order valence-corrected chi connectivity index (χ3v) is 3.33. The summed E-state index contributed by atoms with van der Waals surface area (Å²) in [4.78, 5) is 1.49. The molecule has 2 atom stereocenters. The fourth-order valence-corrected chi connectivity index (χ4v) is 2.56. The van der Waals surface area contributed by atoms with E-state index in [2.05, 4.69) is 32.2 Å². The minimum absolute atomic E-state index is 0.307. The molecule has 0 amide bonds. The molecular weight excluding hydrogens is 166 g/mol. The highest BCUT2D eigenvalue weighted by molar-refractivity contribution is 7.10. The molecule has 0 saturated heterocycles. The first kappa shape index (κ1) is 9.75. The number of aryl methyl sites for hydroxylation is 1. The van der Waals surface area contributed by atoms with Crippen molar-refractivity contribution in [3.8, 4) is 0 Å². The Morgan fingerprint density at radius 2 is 2.17 bits per heavy atom. The molecule has 1 heterocycles. The van der Waals surface area contributed by atoms with Gasteiger partial charge in [-0.1, -0.05) is 6.92 Å². The molecule has 12 heavy (non-hydrogen) atoms. The second kappa shape index (κ2) is 4.06. The summed E-state index contributed by atoms with van der Waals surface area (Å²) < 4.78 is 0. The van der Waals surface area contributed by atoms with Crippen LogP contribution >= 0.6 is 11.3 Å². The van der Waals surface area contributed by atoms with Crippen molar-refractivity contribution < 1.29 is 0 Å². The molecule has 0 aliphatic rings. The third kappa shape index (κ3) is 2.32. The minimum Gasteiger partial charge on any atom is -0.328 e. The lowest BCUT2D eigenvalue weighted by Gasteiger charge is -2.13. The average molecular weight is 183 g/mol. The van der Waals surface area contributed by atoms with Gasteiger partial charge in [0.2, 0.25) is 0 Å². The van der Waals surface area contributed by atoms with Crippen LogP contribution in [0.3, 0.4) is 0 Å². The van der Waals surface area contributed by atoms with E-state index < -0.39 is 0 Å². The number of nitrogens with two attached hydrogens (primary N) is 1. The van der Waals surface area contributed by atoms with E-state index in [9.17, 15) is 0 Å². The summed E-state index contributed by atoms with van der Waals surface area (Å²) in [6.45, 7) is 6.49. The van der Waals surface area contributed by atoms with Gasteiger partial charge in [0.1, 0.15) is 0 Å². The first-order valence-electron chi connectivity index (χ1n) is 4.41. The quantitative estimate of drug-likeness (QED) is 0.766. The van der Waals surface area contributed by atoms with Crippen molar-refractivity contribution in [2.45, 2.75) is 39.2 Å². The van der Waals surface area contributed by atoms with Gasteiger partial charge >= 0.3 is 0 Å². The van der Waals surface area contributed by atoms with Crippen LogP contribution in [0.15, 0.2) is 11.4 Å². The van der Waals surface area contributed by atoms with Crippen molar-refractivity contribution in [3.63, 3.8) is 0 Å². The summed E-state index contributed by atoms with van der Waals surface area (Å²) in [6, 6.07) is 2.49. The van der Waals surface area contributed by atoms with Gasteiger partial charge in [-0.2, -0.15) is 0 Å². The first-order chi connectivity index (χ1) is 5.61. The highest BCUT2D eigenvalue weighted by Crippen LogP contribution is 2.28. The van der Waals surface area contributed by atoms with Crippen molar-refractivity contribution in [2.75, 3.05) is 0 Å². The maximum absolute atomic E-state index is 5.75. The molecule has 1 aromatic rings. The van der Waals surface area contributed by atoms with Gasteiger partial charge in [0, 0.05) is 10.9 Å². The summed E-state index contributed by atoms with van der Waals surface area (Å²) in [7, 11) is 0. The Morgan fingerprint density at radius 3 is 2.58 bits per heavy atom. The lowest BCUT2D eigenvalue weighted by atomic mass is 9.99. The second-order valence-corrected chi connectivity index (χ2v) is 4.53. The van der Waals surface area contributed by atoms with Crippen molar-refractivity contribution in [1.29, 1.82) is 0 Å². The Balaban J connectivity index is 2.65. The second-order valence-electron chi connectivity index (χ2n) is 3.58. The Kier molecular flexibility index (Phi) is 3.29. The van der Waals surface area contributed by atoms with Crippen LogP contribution in [0.25, 0.3) is 0 Å². The van der Waals surface area contributed by atoms with Crippen LogP contribution in [0.4, 0.5) is 0 Å². The topological polar surface area (TPSA) is 26.0 Å². The Bertz CT molecular complexity index is 240. The monoisotopic (exact) mass is 183 g/mol. The molecule has 0 spiro atoms. The van der Waals surface area contributed by atoms with Crippen LogP contribution < -0.4 is 5.73 Å². The number of thiophene rings is 1. The molecule has 0 aliphatic heterocycles. The van der Waals surface area contributed by atoms with Gasteiger partial charge in [-0.15, -0.1) is 11.3 Å². The van der Waals surface area contributed by atoms with Gasteiger partial charge in [-0.3, -0.25) is 0 Å². The fraction of sp³-hybridized carbons (Fsp3) is 0.600. The van der Waals surface area contributed by atoms with Crippen molar-refractivity contribution in [1.82, 2.24) is 0 Å². The highest BCUT2D eigenvalue weighted by Gasteiger charge is 2.11. The van der Waals surface area contributed by atoms with Gasteiger partial charge in [0.05, 0.1) is 0 Å². The summed E-state index contributed by atoms with van der Waals surface area (Å²) >= 11 is 1.84. The molecule has 0 fully saturated rings. The van der Waals surface area contributed by atoms with Crippen LogP contribution in [0.1, 0.15) is 36.6 Å². The van der Waals surface area contributed by atoms with Gasteiger partial charge in [-0.25, -0.2) is 0 Å². The Labute approximate surface area is 78.6 Å². The molecule has 68 valence electrons. The zero-order valence-electron chi connectivity index (χ0n) is 8.00. The number of hydrogen-bond donors (Lipinski definition) is 1. The van der Waals surface area contributed by atoms with Crippen LogP contribution in [0.2, 0.25) is 0 Å². The standard InChI is InChI=1S/C10H17NS/c1-7-4-5-12-10(7)8(2)6-9(3)11/h4-5,8-9H,6,11H2,1-3H3. The van der Waals surface area contributed by atoms with E-state index in [4.69, 9.17) is 5.73 Å². The Morgan fingerprint density at radius 1 is 1.50 bits per heavy atom. The zero-order chi connectivity index (χ0) is 9.14. The molecule has 2 N–H and O–H groups in total. The zero-order valence-corrected chi connectivity index (χ0v) is 8.82. The van der Waals surface area contributed by atoms with Crippen LogP contribution in [0, 0.1) is 6.92 Å². The minimum atomic E-state index is 0.307. The molecule has 0 saturated carbocycles. The van der Waals surface area contributed by atoms with Crippen LogP contribution in [-0.2, 0) is 0 Å². The predicted molar refractivity (Wildman–Crippen MR) is 55.7 cm³/mol. The van der Waals surface area contributed by atoms with E-state index in [1.807, 2.05) is 11.3 Å². The molecule has 2 unspecified atom stereocenters. The van der Waals surface area contributed by atoms with Gasteiger partial charge in [-0.05, 0) is 43.2 Å². The maximum atomic E-state index is 5.75. The largest absolute Gasteiger partial charge is 0.328 e. The molecule has 0 aliphatic carbocycles. The van der Waals surface area contributed by atoms with Crippen molar-refractivity contribution >= 4 is 11.3 Å². The SMILES string of the molecule is Cc1ccsc1C(C)CC(C)N. The van der Waals surface area contributed by atoms with E-state index in [0.717, 1.165) is 6.42 Å². The summed E-state index contributed by atoms with van der Waals surface area (Å²) in [5.41, 5.74) is 7.16. The molecule has 0 radical (unpaired) electrons. The van der Waals surface area contributed by atoms with Gasteiger partial charge in [0.25, 0.3) is 0 Å². The van der Waals surface area contributed by atoms with Gasteiger partial charge < -0.3 is 5.73 Å². The van der Waals surface area contributed by atoms with Crippen molar-refractivity contribution in [3.05, 3.63) is 21.9 Å². The lowest BCUT2D eigenvalue weighted by Crippen LogP contribution is -2.17. The lowest BCUT2D eigenvalue weighted by molar-refractivity contribution is 0.591.